The highest BCUT2D eigenvalue weighted by Crippen LogP contribution is 2.21. The van der Waals surface area contributed by atoms with Gasteiger partial charge in [-0.15, -0.1) is 0 Å². The van der Waals surface area contributed by atoms with Crippen LogP contribution in [0, 0.1) is 11.8 Å². The van der Waals surface area contributed by atoms with Crippen LogP contribution >= 0.6 is 0 Å². The molecule has 150 valence electrons. The van der Waals surface area contributed by atoms with E-state index < -0.39 is 21.9 Å². The molecular formula is C19H28N2O5S. The number of sulfonamides is 1. The summed E-state index contributed by atoms with van der Waals surface area (Å²) in [5.74, 6) is -1.59. The van der Waals surface area contributed by atoms with Gasteiger partial charge in [0.15, 0.2) is 0 Å². The van der Waals surface area contributed by atoms with Gasteiger partial charge >= 0.3 is 5.97 Å². The molecule has 1 aromatic carbocycles. The minimum atomic E-state index is -3.79. The summed E-state index contributed by atoms with van der Waals surface area (Å²) >= 11 is 0. The van der Waals surface area contributed by atoms with E-state index in [9.17, 15) is 23.1 Å². The molecule has 0 radical (unpaired) electrons. The van der Waals surface area contributed by atoms with Crippen LogP contribution in [0.5, 0.6) is 0 Å². The fourth-order valence-electron chi connectivity index (χ4n) is 3.32. The van der Waals surface area contributed by atoms with Gasteiger partial charge in [0.05, 0.1) is 10.8 Å². The van der Waals surface area contributed by atoms with Crippen molar-refractivity contribution in [3.63, 3.8) is 0 Å². The van der Waals surface area contributed by atoms with Crippen LogP contribution in [0.4, 0.5) is 0 Å². The predicted molar refractivity (Wildman–Crippen MR) is 102 cm³/mol. The van der Waals surface area contributed by atoms with E-state index in [1.165, 1.54) is 6.92 Å². The number of nitrogens with zero attached hydrogens (tertiary/aromatic N) is 1. The van der Waals surface area contributed by atoms with Gasteiger partial charge < -0.3 is 10.0 Å². The summed E-state index contributed by atoms with van der Waals surface area (Å²) < 4.78 is 27.7. The first-order valence-electron chi connectivity index (χ1n) is 9.20. The van der Waals surface area contributed by atoms with E-state index in [2.05, 4.69) is 4.72 Å². The van der Waals surface area contributed by atoms with E-state index in [-0.39, 0.29) is 23.3 Å². The molecule has 1 aromatic rings. The lowest BCUT2D eigenvalue weighted by Crippen LogP contribution is -2.33. The summed E-state index contributed by atoms with van der Waals surface area (Å²) in [6, 6.07) is 4.97. The van der Waals surface area contributed by atoms with Crippen LogP contribution in [0.1, 0.15) is 38.3 Å². The van der Waals surface area contributed by atoms with Crippen molar-refractivity contribution < 1.29 is 23.1 Å². The Morgan fingerprint density at radius 2 is 1.81 bits per heavy atom. The van der Waals surface area contributed by atoms with Gasteiger partial charge in [-0.3, -0.25) is 9.59 Å². The third-order valence-corrected chi connectivity index (χ3v) is 6.28. The van der Waals surface area contributed by atoms with E-state index in [0.29, 0.717) is 32.4 Å². The van der Waals surface area contributed by atoms with E-state index in [1.807, 2.05) is 13.8 Å². The molecule has 1 amide bonds. The summed E-state index contributed by atoms with van der Waals surface area (Å²) in [7, 11) is -3.79. The van der Waals surface area contributed by atoms with Crippen molar-refractivity contribution >= 4 is 21.9 Å². The molecule has 1 aliphatic heterocycles. The molecular weight excluding hydrogens is 368 g/mol. The molecule has 1 atom stereocenters. The fraction of sp³-hybridized carbons (Fsp3) is 0.579. The van der Waals surface area contributed by atoms with Gasteiger partial charge in [0, 0.05) is 26.6 Å². The Balaban J connectivity index is 2.13. The lowest BCUT2D eigenvalue weighted by Gasteiger charge is -2.17. The standard InChI is InChI=1S/C19H28N2O5S/c1-13(2)10-17(19(23)24)12-20-27(25,26)18-5-4-15-6-8-21(14(3)22)9-7-16(15)11-18/h4-5,11,13,17,20H,6-10,12H2,1-3H3,(H,23,24). The molecule has 0 aliphatic carbocycles. The van der Waals surface area contributed by atoms with E-state index in [0.717, 1.165) is 11.1 Å². The maximum absolute atomic E-state index is 12.6. The summed E-state index contributed by atoms with van der Waals surface area (Å²) in [4.78, 5) is 24.8. The van der Waals surface area contributed by atoms with Crippen LogP contribution in [0.25, 0.3) is 0 Å². The highest BCUT2D eigenvalue weighted by Gasteiger charge is 2.24. The Bertz CT molecular complexity index is 804. The molecule has 8 heteroatoms. The van der Waals surface area contributed by atoms with Crippen molar-refractivity contribution in [1.82, 2.24) is 9.62 Å². The molecule has 7 nitrogen and oxygen atoms in total. The summed E-state index contributed by atoms with van der Waals surface area (Å²) in [5, 5.41) is 9.28. The van der Waals surface area contributed by atoms with E-state index in [1.54, 1.807) is 23.1 Å². The van der Waals surface area contributed by atoms with Crippen molar-refractivity contribution in [1.29, 1.82) is 0 Å². The van der Waals surface area contributed by atoms with Gasteiger partial charge in [-0.05, 0) is 48.4 Å². The number of fused-ring (bicyclic) bond motifs is 1. The molecule has 2 rings (SSSR count). The lowest BCUT2D eigenvalue weighted by atomic mass is 9.98. The van der Waals surface area contributed by atoms with Gasteiger partial charge in [0.1, 0.15) is 0 Å². The summed E-state index contributed by atoms with van der Waals surface area (Å²) in [6.07, 6.45) is 1.70. The molecule has 0 saturated heterocycles. The molecule has 0 spiro atoms. The number of benzene rings is 1. The molecule has 2 N–H and O–H groups in total. The molecule has 0 fully saturated rings. The number of nitrogens with one attached hydrogen (secondary N) is 1. The zero-order valence-electron chi connectivity index (χ0n) is 16.1. The second-order valence-electron chi connectivity index (χ2n) is 7.45. The van der Waals surface area contributed by atoms with Crippen LogP contribution in [0.15, 0.2) is 23.1 Å². The first-order valence-corrected chi connectivity index (χ1v) is 10.7. The van der Waals surface area contributed by atoms with Crippen LogP contribution in [0.2, 0.25) is 0 Å². The fourth-order valence-corrected chi connectivity index (χ4v) is 4.45. The number of carboxylic acids is 1. The zero-order chi connectivity index (χ0) is 20.2. The van der Waals surface area contributed by atoms with Gasteiger partial charge in [0.2, 0.25) is 15.9 Å². The first-order chi connectivity index (χ1) is 12.6. The third-order valence-electron chi connectivity index (χ3n) is 4.86. The Morgan fingerprint density at radius 1 is 1.19 bits per heavy atom. The predicted octanol–water partition coefficient (Wildman–Crippen LogP) is 1.66. The molecule has 1 aliphatic rings. The Hall–Kier alpha value is -1.93. The summed E-state index contributed by atoms with van der Waals surface area (Å²) in [6.45, 7) is 6.40. The maximum Gasteiger partial charge on any atom is 0.307 e. The number of hydrogen-bond donors (Lipinski definition) is 2. The topological polar surface area (TPSA) is 104 Å². The molecule has 0 aromatic heterocycles. The molecule has 0 bridgehead atoms. The second-order valence-corrected chi connectivity index (χ2v) is 9.22. The van der Waals surface area contributed by atoms with Crippen molar-refractivity contribution in [2.75, 3.05) is 19.6 Å². The quantitative estimate of drug-likeness (QED) is 0.729. The van der Waals surface area contributed by atoms with Crippen LogP contribution in [-0.2, 0) is 32.5 Å². The van der Waals surface area contributed by atoms with Gasteiger partial charge in [-0.1, -0.05) is 19.9 Å². The smallest absolute Gasteiger partial charge is 0.307 e. The minimum absolute atomic E-state index is 0.0159. The van der Waals surface area contributed by atoms with Crippen LogP contribution < -0.4 is 4.72 Å². The van der Waals surface area contributed by atoms with E-state index >= 15 is 0 Å². The Labute approximate surface area is 160 Å². The van der Waals surface area contributed by atoms with Gasteiger partial charge in [-0.25, -0.2) is 13.1 Å². The number of rotatable bonds is 7. The monoisotopic (exact) mass is 396 g/mol. The van der Waals surface area contributed by atoms with Crippen LogP contribution in [-0.4, -0.2) is 49.9 Å². The minimum Gasteiger partial charge on any atom is -0.481 e. The highest BCUT2D eigenvalue weighted by atomic mass is 32.2. The average molecular weight is 397 g/mol. The molecule has 0 saturated carbocycles. The summed E-state index contributed by atoms with van der Waals surface area (Å²) in [5.41, 5.74) is 1.96. The van der Waals surface area contributed by atoms with Crippen molar-refractivity contribution in [2.45, 2.75) is 44.9 Å². The lowest BCUT2D eigenvalue weighted by molar-refractivity contribution is -0.142. The highest BCUT2D eigenvalue weighted by molar-refractivity contribution is 7.89. The number of amides is 1. The zero-order valence-corrected chi connectivity index (χ0v) is 16.9. The van der Waals surface area contributed by atoms with Crippen molar-refractivity contribution in [3.8, 4) is 0 Å². The number of carbonyl (C=O) groups excluding carboxylic acids is 1. The first kappa shape index (κ1) is 21.4. The number of hydrogen-bond acceptors (Lipinski definition) is 4. The average Bonchev–Trinajstić information content (AvgIpc) is 2.80. The van der Waals surface area contributed by atoms with Crippen LogP contribution in [0.3, 0.4) is 0 Å². The Kier molecular flexibility index (Phi) is 7.00. The largest absolute Gasteiger partial charge is 0.481 e. The number of carbonyl (C=O) groups is 2. The SMILES string of the molecule is CC(=O)N1CCc2ccc(S(=O)(=O)NCC(CC(C)C)C(=O)O)cc2CC1. The van der Waals surface area contributed by atoms with Gasteiger partial charge in [-0.2, -0.15) is 0 Å². The number of carboxylic acid groups (broad SMARTS) is 1. The molecule has 1 heterocycles. The van der Waals surface area contributed by atoms with E-state index in [4.69, 9.17) is 0 Å². The number of aliphatic carboxylic acids is 1. The maximum atomic E-state index is 12.6. The molecule has 27 heavy (non-hydrogen) atoms. The van der Waals surface area contributed by atoms with Crippen molar-refractivity contribution in [2.24, 2.45) is 11.8 Å². The normalized spacial score (nSPS) is 15.9. The molecule has 1 unspecified atom stereocenters. The second kappa shape index (κ2) is 8.84. The third kappa shape index (κ3) is 5.77. The van der Waals surface area contributed by atoms with Gasteiger partial charge in [0.25, 0.3) is 0 Å². The van der Waals surface area contributed by atoms with Crippen molar-refractivity contribution in [3.05, 3.63) is 29.3 Å². The Morgan fingerprint density at radius 3 is 2.37 bits per heavy atom.